The minimum atomic E-state index is -0.537. The lowest BCUT2D eigenvalue weighted by Gasteiger charge is -2.05. The number of hydrogen-bond donors (Lipinski definition) is 1. The standard InChI is InChI=1S/C13H13FN2O2/c1-9-2-3-10(8-11(9)14)5-7-16-13(18)12(17)4-6-15-16/h2-4,6,8,17H,5,7H2,1H3. The molecule has 1 heterocycles. The van der Waals surface area contributed by atoms with Crippen LogP contribution in [0.15, 0.2) is 35.3 Å². The summed E-state index contributed by atoms with van der Waals surface area (Å²) in [7, 11) is 0. The monoisotopic (exact) mass is 248 g/mol. The molecule has 2 aromatic rings. The third kappa shape index (κ3) is 2.56. The number of aryl methyl sites for hydroxylation is 3. The molecule has 0 unspecified atom stereocenters. The largest absolute Gasteiger partial charge is 0.503 e. The Morgan fingerprint density at radius 2 is 2.17 bits per heavy atom. The average molecular weight is 248 g/mol. The van der Waals surface area contributed by atoms with Gasteiger partial charge in [0, 0.05) is 12.6 Å². The highest BCUT2D eigenvalue weighted by atomic mass is 19.1. The second-order valence-electron chi connectivity index (χ2n) is 4.08. The molecule has 0 aliphatic rings. The van der Waals surface area contributed by atoms with Crippen LogP contribution in [0, 0.1) is 12.7 Å². The van der Waals surface area contributed by atoms with Crippen molar-refractivity contribution in [2.45, 2.75) is 19.9 Å². The van der Waals surface area contributed by atoms with Gasteiger partial charge in [-0.3, -0.25) is 4.79 Å². The Morgan fingerprint density at radius 1 is 1.39 bits per heavy atom. The lowest BCUT2D eigenvalue weighted by atomic mass is 10.1. The lowest BCUT2D eigenvalue weighted by molar-refractivity contribution is 0.444. The Morgan fingerprint density at radius 3 is 2.89 bits per heavy atom. The van der Waals surface area contributed by atoms with Crippen LogP contribution in [0.2, 0.25) is 0 Å². The van der Waals surface area contributed by atoms with E-state index in [0.29, 0.717) is 18.5 Å². The lowest BCUT2D eigenvalue weighted by Crippen LogP contribution is -2.22. The molecule has 0 fully saturated rings. The van der Waals surface area contributed by atoms with Crippen LogP contribution in [0.5, 0.6) is 5.75 Å². The minimum Gasteiger partial charge on any atom is -0.503 e. The molecule has 4 nitrogen and oxygen atoms in total. The van der Waals surface area contributed by atoms with Crippen molar-refractivity contribution in [3.63, 3.8) is 0 Å². The van der Waals surface area contributed by atoms with Crippen molar-refractivity contribution in [1.29, 1.82) is 0 Å². The highest BCUT2D eigenvalue weighted by Crippen LogP contribution is 2.10. The normalized spacial score (nSPS) is 10.6. The summed E-state index contributed by atoms with van der Waals surface area (Å²) in [6.45, 7) is 2.00. The molecule has 1 aromatic carbocycles. The van der Waals surface area contributed by atoms with Gasteiger partial charge in [-0.25, -0.2) is 9.07 Å². The van der Waals surface area contributed by atoms with Gasteiger partial charge < -0.3 is 5.11 Å². The number of halogens is 1. The van der Waals surface area contributed by atoms with Crippen LogP contribution < -0.4 is 5.56 Å². The van der Waals surface area contributed by atoms with Gasteiger partial charge in [-0.1, -0.05) is 12.1 Å². The zero-order valence-corrected chi connectivity index (χ0v) is 9.93. The summed E-state index contributed by atoms with van der Waals surface area (Å²) in [5.41, 5.74) is 0.839. The fourth-order valence-corrected chi connectivity index (χ4v) is 1.63. The molecule has 18 heavy (non-hydrogen) atoms. The van der Waals surface area contributed by atoms with Crippen LogP contribution in [0.3, 0.4) is 0 Å². The number of aromatic nitrogens is 2. The Hall–Kier alpha value is -2.17. The van der Waals surface area contributed by atoms with Crippen LogP contribution >= 0.6 is 0 Å². The van der Waals surface area contributed by atoms with Gasteiger partial charge in [0.05, 0.1) is 6.20 Å². The molecule has 2 rings (SSSR count). The Kier molecular flexibility index (Phi) is 3.41. The third-order valence-corrected chi connectivity index (χ3v) is 2.74. The van der Waals surface area contributed by atoms with E-state index >= 15 is 0 Å². The SMILES string of the molecule is Cc1ccc(CCn2nccc(O)c2=O)cc1F. The molecule has 0 bridgehead atoms. The molecule has 0 aliphatic carbocycles. The average Bonchev–Trinajstić information content (AvgIpc) is 2.35. The molecule has 0 radical (unpaired) electrons. The predicted octanol–water partition coefficient (Wildman–Crippen LogP) is 1.64. The van der Waals surface area contributed by atoms with Crippen molar-refractivity contribution in [3.05, 3.63) is 57.8 Å². The summed E-state index contributed by atoms with van der Waals surface area (Å²) >= 11 is 0. The van der Waals surface area contributed by atoms with E-state index in [9.17, 15) is 14.3 Å². The first-order valence-electron chi connectivity index (χ1n) is 5.58. The van der Waals surface area contributed by atoms with Gasteiger partial charge in [-0.05, 0) is 30.5 Å². The van der Waals surface area contributed by atoms with Gasteiger partial charge in [0.15, 0.2) is 5.75 Å². The van der Waals surface area contributed by atoms with Crippen molar-refractivity contribution in [1.82, 2.24) is 9.78 Å². The zero-order chi connectivity index (χ0) is 13.1. The Labute approximate surface area is 103 Å². The van der Waals surface area contributed by atoms with Crippen molar-refractivity contribution in [2.75, 3.05) is 0 Å². The molecule has 1 aromatic heterocycles. The number of hydrogen-bond acceptors (Lipinski definition) is 3. The van der Waals surface area contributed by atoms with E-state index in [0.717, 1.165) is 10.2 Å². The van der Waals surface area contributed by atoms with Crippen LogP contribution in [0.25, 0.3) is 0 Å². The molecule has 0 saturated heterocycles. The first-order valence-corrected chi connectivity index (χ1v) is 5.58. The second-order valence-corrected chi connectivity index (χ2v) is 4.08. The first-order chi connectivity index (χ1) is 8.58. The number of nitrogens with zero attached hydrogens (tertiary/aromatic N) is 2. The van der Waals surface area contributed by atoms with Crippen LogP contribution in [0.4, 0.5) is 4.39 Å². The van der Waals surface area contributed by atoms with E-state index in [-0.39, 0.29) is 11.6 Å². The van der Waals surface area contributed by atoms with E-state index in [2.05, 4.69) is 5.10 Å². The Balaban J connectivity index is 2.14. The topological polar surface area (TPSA) is 55.1 Å². The number of benzene rings is 1. The molecular weight excluding hydrogens is 235 g/mol. The first kappa shape index (κ1) is 12.3. The zero-order valence-electron chi connectivity index (χ0n) is 9.93. The van der Waals surface area contributed by atoms with Gasteiger partial charge in [0.2, 0.25) is 0 Å². The molecular formula is C13H13FN2O2. The summed E-state index contributed by atoms with van der Waals surface area (Å²) in [4.78, 5) is 11.5. The van der Waals surface area contributed by atoms with E-state index < -0.39 is 5.56 Å². The maximum atomic E-state index is 13.3. The van der Waals surface area contributed by atoms with Gasteiger partial charge in [0.1, 0.15) is 5.82 Å². The summed E-state index contributed by atoms with van der Waals surface area (Å²) in [5, 5.41) is 13.1. The van der Waals surface area contributed by atoms with E-state index in [4.69, 9.17) is 0 Å². The maximum absolute atomic E-state index is 13.3. The molecule has 1 N–H and O–H groups in total. The number of aromatic hydroxyl groups is 1. The molecule has 0 amide bonds. The predicted molar refractivity (Wildman–Crippen MR) is 65.0 cm³/mol. The van der Waals surface area contributed by atoms with Crippen LogP contribution in [0.1, 0.15) is 11.1 Å². The van der Waals surface area contributed by atoms with Gasteiger partial charge in [-0.15, -0.1) is 0 Å². The molecule has 0 spiro atoms. The highest BCUT2D eigenvalue weighted by molar-refractivity contribution is 5.23. The smallest absolute Gasteiger partial charge is 0.308 e. The Bertz CT molecular complexity index is 623. The molecule has 0 atom stereocenters. The van der Waals surface area contributed by atoms with E-state index in [1.54, 1.807) is 13.0 Å². The summed E-state index contributed by atoms with van der Waals surface area (Å²) in [6, 6.07) is 6.20. The molecule has 94 valence electrons. The van der Waals surface area contributed by atoms with Crippen molar-refractivity contribution < 1.29 is 9.50 Å². The van der Waals surface area contributed by atoms with E-state index in [1.807, 2.05) is 6.07 Å². The maximum Gasteiger partial charge on any atom is 0.308 e. The summed E-state index contributed by atoms with van der Waals surface area (Å²) < 4.78 is 14.5. The van der Waals surface area contributed by atoms with E-state index in [1.165, 1.54) is 18.3 Å². The second kappa shape index (κ2) is 5.00. The fourth-order valence-electron chi connectivity index (χ4n) is 1.63. The van der Waals surface area contributed by atoms with Crippen molar-refractivity contribution in [2.24, 2.45) is 0 Å². The molecule has 0 aliphatic heterocycles. The highest BCUT2D eigenvalue weighted by Gasteiger charge is 2.04. The van der Waals surface area contributed by atoms with Gasteiger partial charge >= 0.3 is 5.56 Å². The molecule has 5 heteroatoms. The number of rotatable bonds is 3. The van der Waals surface area contributed by atoms with Crippen LogP contribution in [-0.4, -0.2) is 14.9 Å². The van der Waals surface area contributed by atoms with Gasteiger partial charge in [-0.2, -0.15) is 5.10 Å². The van der Waals surface area contributed by atoms with Crippen molar-refractivity contribution in [3.8, 4) is 5.75 Å². The minimum absolute atomic E-state index is 0.260. The fraction of sp³-hybridized carbons (Fsp3) is 0.231. The third-order valence-electron chi connectivity index (χ3n) is 2.74. The summed E-state index contributed by atoms with van der Waals surface area (Å²) in [5.74, 6) is -0.594. The quantitative estimate of drug-likeness (QED) is 0.898. The molecule has 0 saturated carbocycles. The van der Waals surface area contributed by atoms with Crippen molar-refractivity contribution >= 4 is 0 Å². The van der Waals surface area contributed by atoms with Gasteiger partial charge in [0.25, 0.3) is 0 Å². The van der Waals surface area contributed by atoms with Crippen LogP contribution in [-0.2, 0) is 13.0 Å². The summed E-state index contributed by atoms with van der Waals surface area (Å²) in [6.07, 6.45) is 1.83.